The van der Waals surface area contributed by atoms with E-state index in [1.54, 1.807) is 6.20 Å². The summed E-state index contributed by atoms with van der Waals surface area (Å²) in [7, 11) is -3.87. The smallest absolute Gasteiger partial charge is 0.306 e. The highest BCUT2D eigenvalue weighted by atomic mass is 32.2. The first-order valence-electron chi connectivity index (χ1n) is 19.8. The lowest BCUT2D eigenvalue weighted by Gasteiger charge is -2.32. The number of nitrogens with zero attached hydrogens (tertiary/aromatic N) is 2. The summed E-state index contributed by atoms with van der Waals surface area (Å²) in [5.41, 5.74) is 0.545. The molecule has 0 unspecified atom stereocenters. The van der Waals surface area contributed by atoms with E-state index in [1.807, 2.05) is 6.07 Å². The quantitative estimate of drug-likeness (QED) is 0.281. The number of pyridine rings is 1. The number of esters is 1. The van der Waals surface area contributed by atoms with Gasteiger partial charge in [0.15, 0.2) is 0 Å². The largest absolute Gasteiger partial charge is 0.472 e. The van der Waals surface area contributed by atoms with Gasteiger partial charge in [-0.25, -0.2) is 13.4 Å². The molecule has 1 aromatic heterocycles. The van der Waals surface area contributed by atoms with E-state index in [-0.39, 0.29) is 49.7 Å². The molecule has 5 aliphatic rings. The zero-order chi connectivity index (χ0) is 38.4. The van der Waals surface area contributed by atoms with Crippen molar-refractivity contribution in [3.63, 3.8) is 0 Å². The van der Waals surface area contributed by atoms with Crippen molar-refractivity contribution in [1.82, 2.24) is 19.9 Å². The van der Waals surface area contributed by atoms with Crippen LogP contribution in [0.4, 0.5) is 0 Å². The molecule has 7 rings (SSSR count). The first kappa shape index (κ1) is 38.3. The van der Waals surface area contributed by atoms with Gasteiger partial charge in [-0.15, -0.1) is 6.58 Å². The summed E-state index contributed by atoms with van der Waals surface area (Å²) in [5.74, 6) is -2.93. The van der Waals surface area contributed by atoms with Gasteiger partial charge in [-0.3, -0.25) is 23.9 Å². The lowest BCUT2D eigenvalue weighted by atomic mass is 9.86. The Morgan fingerprint density at radius 1 is 1.09 bits per heavy atom. The molecule has 13 heteroatoms. The number of carbonyl (C=O) groups excluding carboxylic acids is 4. The van der Waals surface area contributed by atoms with Crippen LogP contribution in [0.5, 0.6) is 5.88 Å². The number of benzene rings is 1. The normalized spacial score (nSPS) is 29.2. The fourth-order valence-electron chi connectivity index (χ4n) is 8.87. The molecule has 2 N–H and O–H groups in total. The number of carbonyl (C=O) groups is 4. The minimum Gasteiger partial charge on any atom is -0.472 e. The first-order chi connectivity index (χ1) is 25.7. The molecule has 0 spiro atoms. The molecule has 3 aliphatic carbocycles. The zero-order valence-electron chi connectivity index (χ0n) is 31.7. The molecule has 3 amide bonds. The van der Waals surface area contributed by atoms with Crippen LogP contribution in [-0.4, -0.2) is 78.1 Å². The highest BCUT2D eigenvalue weighted by molar-refractivity contribution is 7.91. The van der Waals surface area contributed by atoms with E-state index >= 15 is 0 Å². The third-order valence-electron chi connectivity index (χ3n) is 12.4. The number of aryl methyl sites for hydroxylation is 2. The van der Waals surface area contributed by atoms with Gasteiger partial charge in [-0.05, 0) is 97.8 Å². The van der Waals surface area contributed by atoms with Crippen molar-refractivity contribution in [3.05, 3.63) is 48.2 Å². The molecule has 1 aromatic carbocycles. The van der Waals surface area contributed by atoms with Crippen molar-refractivity contribution in [1.29, 1.82) is 0 Å². The van der Waals surface area contributed by atoms with Gasteiger partial charge < -0.3 is 19.7 Å². The van der Waals surface area contributed by atoms with Crippen LogP contribution in [0, 0.1) is 23.2 Å². The molecule has 4 fully saturated rings. The zero-order valence-corrected chi connectivity index (χ0v) is 32.5. The molecule has 5 atom stereocenters. The van der Waals surface area contributed by atoms with Crippen LogP contribution < -0.4 is 14.8 Å². The van der Waals surface area contributed by atoms with Crippen molar-refractivity contribution in [2.45, 2.75) is 127 Å². The second-order valence-corrected chi connectivity index (χ2v) is 19.0. The van der Waals surface area contributed by atoms with Crippen molar-refractivity contribution in [2.75, 3.05) is 13.2 Å². The van der Waals surface area contributed by atoms with E-state index < -0.39 is 62.6 Å². The predicted molar refractivity (Wildman–Crippen MR) is 203 cm³/mol. The van der Waals surface area contributed by atoms with Gasteiger partial charge >= 0.3 is 5.97 Å². The van der Waals surface area contributed by atoms with Crippen molar-refractivity contribution >= 4 is 44.5 Å². The van der Waals surface area contributed by atoms with E-state index in [9.17, 15) is 27.6 Å². The Kier molecular flexibility index (Phi) is 10.6. The predicted octanol–water partition coefficient (Wildman–Crippen LogP) is 4.92. The van der Waals surface area contributed by atoms with Gasteiger partial charge in [0, 0.05) is 23.9 Å². The Morgan fingerprint density at radius 2 is 1.85 bits per heavy atom. The van der Waals surface area contributed by atoms with Gasteiger partial charge in [0.25, 0.3) is 5.91 Å². The van der Waals surface area contributed by atoms with Crippen molar-refractivity contribution in [3.8, 4) is 5.88 Å². The van der Waals surface area contributed by atoms with Gasteiger partial charge in [-0.1, -0.05) is 45.8 Å². The van der Waals surface area contributed by atoms with Gasteiger partial charge in [-0.2, -0.15) is 0 Å². The summed E-state index contributed by atoms with van der Waals surface area (Å²) in [6.07, 6.45) is 10.7. The molecule has 292 valence electrons. The Morgan fingerprint density at radius 3 is 2.54 bits per heavy atom. The van der Waals surface area contributed by atoms with Crippen LogP contribution in [0.25, 0.3) is 10.8 Å². The number of rotatable bonds is 8. The molecular weight excluding hydrogens is 709 g/mol. The number of hydrogen-bond acceptors (Lipinski definition) is 9. The summed E-state index contributed by atoms with van der Waals surface area (Å²) < 4.78 is 40.2. The summed E-state index contributed by atoms with van der Waals surface area (Å²) in [4.78, 5) is 62.4. The van der Waals surface area contributed by atoms with E-state index in [2.05, 4.69) is 54.5 Å². The summed E-state index contributed by atoms with van der Waals surface area (Å²) in [6, 6.07) is 5.29. The minimum atomic E-state index is -3.87. The molecule has 0 radical (unpaired) electrons. The number of fused-ring (bicyclic) bond motifs is 3. The fourth-order valence-corrected chi connectivity index (χ4v) is 10.2. The van der Waals surface area contributed by atoms with Crippen LogP contribution in [-0.2, 0) is 46.8 Å². The van der Waals surface area contributed by atoms with E-state index in [0.717, 1.165) is 67.7 Å². The molecule has 4 bridgehead atoms. The Hall–Kier alpha value is -4.00. The van der Waals surface area contributed by atoms with Crippen molar-refractivity contribution in [2.24, 2.45) is 23.2 Å². The molecule has 12 nitrogen and oxygen atoms in total. The topological polar surface area (TPSA) is 161 Å². The summed E-state index contributed by atoms with van der Waals surface area (Å²) >= 11 is 0. The van der Waals surface area contributed by atoms with Gasteiger partial charge in [0.2, 0.25) is 27.7 Å². The van der Waals surface area contributed by atoms with E-state index in [1.165, 1.54) is 16.5 Å². The molecule has 2 aromatic rings. The second-order valence-electron chi connectivity index (χ2n) is 17.0. The molecular formula is C41H54N4O8S. The maximum absolute atomic E-state index is 14.8. The summed E-state index contributed by atoms with van der Waals surface area (Å²) in [6.45, 7) is 10.4. The summed E-state index contributed by atoms with van der Waals surface area (Å²) in [5, 5.41) is 4.16. The molecule has 54 heavy (non-hydrogen) atoms. The molecule has 2 aliphatic heterocycles. The number of sulfonamides is 1. The number of nitrogens with one attached hydrogen (secondary N) is 2. The SMILES string of the molecule is C=C[C@@H]1C[C@]1(NC(=O)[C@@H]1C[C@@H]2CN1C(=O)[C@H](C1CCCC1)CC(=O)OCC(C)(C)CCCc1cc(CC)c3ccnc(c3c1)O2)C(=O)NS(=O)(=O)C1CC1. The molecule has 1 saturated heterocycles. The maximum atomic E-state index is 14.8. The highest BCUT2D eigenvalue weighted by Crippen LogP contribution is 2.46. The maximum Gasteiger partial charge on any atom is 0.306 e. The number of cyclic esters (lactones) is 1. The van der Waals surface area contributed by atoms with Crippen molar-refractivity contribution < 1.29 is 37.1 Å². The Balaban J connectivity index is 1.23. The van der Waals surface area contributed by atoms with Gasteiger partial charge in [0.1, 0.15) is 17.7 Å². The highest BCUT2D eigenvalue weighted by Gasteiger charge is 2.62. The van der Waals surface area contributed by atoms with Crippen LogP contribution in [0.15, 0.2) is 37.1 Å². The van der Waals surface area contributed by atoms with E-state index in [0.29, 0.717) is 18.7 Å². The fraction of sp³-hybridized carbons (Fsp3) is 0.634. The average Bonchev–Trinajstić information content (AvgIpc) is 4.01. The average molecular weight is 763 g/mol. The number of amides is 3. The lowest BCUT2D eigenvalue weighted by molar-refractivity contribution is -0.153. The van der Waals surface area contributed by atoms with Crippen LogP contribution in [0.2, 0.25) is 0 Å². The minimum absolute atomic E-state index is 0.0451. The van der Waals surface area contributed by atoms with Crippen LogP contribution in [0.3, 0.4) is 0 Å². The molecule has 3 saturated carbocycles. The van der Waals surface area contributed by atoms with E-state index in [4.69, 9.17) is 9.47 Å². The third-order valence-corrected chi connectivity index (χ3v) is 14.2. The van der Waals surface area contributed by atoms with Gasteiger partial charge in [0.05, 0.1) is 30.7 Å². The number of hydrogen-bond donors (Lipinski definition) is 2. The monoisotopic (exact) mass is 762 g/mol. The standard InChI is InChI=1S/C41H54N4O8S/c1-5-26-18-25-10-9-16-40(3,4)24-52-35(46)21-32(27-11-7-8-12-27)38(48)45-23-29(53-37-33(19-25)31(26)15-17-42-37)20-34(45)36(47)43-41(22-28(41)6-2)39(49)44-54(50,51)30-13-14-30/h6,15,17-19,27-30,32,34H,2,5,7-14,16,20-24H2,1,3-4H3,(H,43,47)(H,44,49)/t28-,29-,32+,34+,41-/m1/s1. The van der Waals surface area contributed by atoms with Crippen LogP contribution in [0.1, 0.15) is 103 Å². The first-order valence-corrected chi connectivity index (χ1v) is 21.3. The number of ether oxygens (including phenoxy) is 2. The van der Waals surface area contributed by atoms with Crippen LogP contribution >= 0.6 is 0 Å². The molecule has 3 heterocycles. The third kappa shape index (κ3) is 7.88. The lowest BCUT2D eigenvalue weighted by Crippen LogP contribution is -2.57. The number of aromatic nitrogens is 1. The Bertz CT molecular complexity index is 1940. The Labute approximate surface area is 318 Å². The second kappa shape index (κ2) is 14.9.